The van der Waals surface area contributed by atoms with Crippen molar-refractivity contribution in [2.45, 2.75) is 12.8 Å². The van der Waals surface area contributed by atoms with Gasteiger partial charge in [-0.1, -0.05) is 0 Å². The summed E-state index contributed by atoms with van der Waals surface area (Å²) in [6.45, 7) is 1.64. The molecule has 1 rings (SSSR count). The zero-order valence-corrected chi connectivity index (χ0v) is 5.31. The molecule has 0 radical (unpaired) electrons. The third-order valence-electron chi connectivity index (χ3n) is 1.84. The molecule has 0 spiro atoms. The Bertz CT molecular complexity index is 78.6. The topological polar surface area (TPSA) is 35.2 Å². The first kappa shape index (κ1) is 6.05. The van der Waals surface area contributed by atoms with Gasteiger partial charge in [-0.15, -0.1) is 0 Å². The Morgan fingerprint density at radius 3 is 2.38 bits per heavy atom. The van der Waals surface area contributed by atoms with Gasteiger partial charge in [0.15, 0.2) is 0 Å². The van der Waals surface area contributed by atoms with Crippen LogP contribution in [0.25, 0.3) is 0 Å². The van der Waals surface area contributed by atoms with Crippen molar-refractivity contribution in [2.75, 3.05) is 20.3 Å². The molecule has 2 nitrogen and oxygen atoms in total. The lowest BCUT2D eigenvalue weighted by atomic mass is 10.1. The average molecular weight is 115 g/mol. The van der Waals surface area contributed by atoms with E-state index in [2.05, 4.69) is 0 Å². The fourth-order valence-electron chi connectivity index (χ4n) is 0.890. The molecule has 0 aromatic heterocycles. The molecular weight excluding hydrogens is 102 g/mol. The predicted molar refractivity (Wildman–Crippen MR) is 32.6 cm³/mol. The van der Waals surface area contributed by atoms with Crippen LogP contribution < -0.4 is 5.73 Å². The second kappa shape index (κ2) is 2.03. The van der Waals surface area contributed by atoms with E-state index < -0.39 is 0 Å². The van der Waals surface area contributed by atoms with Gasteiger partial charge in [0.1, 0.15) is 0 Å². The maximum absolute atomic E-state index is 5.47. The van der Waals surface area contributed by atoms with E-state index in [0.717, 1.165) is 13.2 Å². The second-order valence-corrected chi connectivity index (χ2v) is 2.64. The molecular formula is C6H13NO. The van der Waals surface area contributed by atoms with Crippen LogP contribution in [0, 0.1) is 5.41 Å². The molecule has 8 heavy (non-hydrogen) atoms. The summed E-state index contributed by atoms with van der Waals surface area (Å²) in [5.74, 6) is 0. The highest BCUT2D eigenvalue weighted by Crippen LogP contribution is 2.44. The van der Waals surface area contributed by atoms with Crippen LogP contribution in [0.5, 0.6) is 0 Å². The summed E-state index contributed by atoms with van der Waals surface area (Å²) in [5, 5.41) is 0. The van der Waals surface area contributed by atoms with Gasteiger partial charge in [0.2, 0.25) is 0 Å². The second-order valence-electron chi connectivity index (χ2n) is 2.64. The third-order valence-corrected chi connectivity index (χ3v) is 1.84. The standard InChI is InChI=1S/C6H13NO/c1-8-5-6(4-7)2-3-6/h2-5,7H2,1H3. The van der Waals surface area contributed by atoms with Crippen LogP contribution in [0.2, 0.25) is 0 Å². The van der Waals surface area contributed by atoms with Crippen molar-refractivity contribution in [1.82, 2.24) is 0 Å². The van der Waals surface area contributed by atoms with E-state index in [9.17, 15) is 0 Å². The Kier molecular flexibility index (Phi) is 1.54. The number of ether oxygens (including phenoxy) is 1. The van der Waals surface area contributed by atoms with Gasteiger partial charge in [0.25, 0.3) is 0 Å². The molecule has 2 heteroatoms. The number of hydrogen-bond acceptors (Lipinski definition) is 2. The fourth-order valence-corrected chi connectivity index (χ4v) is 0.890. The van der Waals surface area contributed by atoms with E-state index in [1.807, 2.05) is 0 Å². The minimum atomic E-state index is 0.398. The first-order valence-electron chi connectivity index (χ1n) is 3.02. The average Bonchev–Trinajstić information content (AvgIpc) is 2.50. The smallest absolute Gasteiger partial charge is 0.0530 e. The van der Waals surface area contributed by atoms with Crippen molar-refractivity contribution in [2.24, 2.45) is 11.1 Å². The molecule has 2 N–H and O–H groups in total. The van der Waals surface area contributed by atoms with Gasteiger partial charge in [-0.25, -0.2) is 0 Å². The molecule has 0 amide bonds. The normalized spacial score (nSPS) is 23.2. The van der Waals surface area contributed by atoms with Crippen LogP contribution in [0.3, 0.4) is 0 Å². The Hall–Kier alpha value is -0.0800. The van der Waals surface area contributed by atoms with E-state index in [1.165, 1.54) is 12.8 Å². The largest absolute Gasteiger partial charge is 0.384 e. The highest BCUT2D eigenvalue weighted by molar-refractivity contribution is 4.93. The van der Waals surface area contributed by atoms with Crippen molar-refractivity contribution in [3.63, 3.8) is 0 Å². The minimum Gasteiger partial charge on any atom is -0.384 e. The predicted octanol–water partition coefficient (Wildman–Crippen LogP) is 0.372. The summed E-state index contributed by atoms with van der Waals surface area (Å²) in [7, 11) is 1.73. The molecule has 0 atom stereocenters. The quantitative estimate of drug-likeness (QED) is 0.576. The Morgan fingerprint density at radius 2 is 2.25 bits per heavy atom. The molecule has 1 aliphatic carbocycles. The van der Waals surface area contributed by atoms with E-state index >= 15 is 0 Å². The SMILES string of the molecule is COCC1(CN)CC1. The summed E-state index contributed by atoms with van der Waals surface area (Å²) in [6, 6.07) is 0. The molecule has 0 aromatic carbocycles. The van der Waals surface area contributed by atoms with Gasteiger partial charge in [-0.2, -0.15) is 0 Å². The summed E-state index contributed by atoms with van der Waals surface area (Å²) < 4.78 is 4.98. The van der Waals surface area contributed by atoms with Gasteiger partial charge in [0, 0.05) is 19.1 Å². The Balaban J connectivity index is 2.20. The highest BCUT2D eigenvalue weighted by atomic mass is 16.5. The lowest BCUT2D eigenvalue weighted by Gasteiger charge is -2.08. The van der Waals surface area contributed by atoms with Gasteiger partial charge in [0.05, 0.1) is 6.61 Å². The van der Waals surface area contributed by atoms with Gasteiger partial charge >= 0.3 is 0 Å². The number of methoxy groups -OCH3 is 1. The number of hydrogen-bond donors (Lipinski definition) is 1. The highest BCUT2D eigenvalue weighted by Gasteiger charge is 2.40. The molecule has 1 saturated carbocycles. The summed E-state index contributed by atoms with van der Waals surface area (Å²) in [4.78, 5) is 0. The molecule has 0 bridgehead atoms. The molecule has 48 valence electrons. The third kappa shape index (κ3) is 1.01. The van der Waals surface area contributed by atoms with E-state index in [1.54, 1.807) is 7.11 Å². The maximum Gasteiger partial charge on any atom is 0.0530 e. The Labute approximate surface area is 50.0 Å². The molecule has 0 aliphatic heterocycles. The number of rotatable bonds is 3. The fraction of sp³-hybridized carbons (Fsp3) is 1.00. The lowest BCUT2D eigenvalue weighted by Crippen LogP contribution is -2.20. The first-order chi connectivity index (χ1) is 3.83. The molecule has 1 fully saturated rings. The molecule has 0 saturated heterocycles. The van der Waals surface area contributed by atoms with Gasteiger partial charge in [-0.05, 0) is 12.8 Å². The van der Waals surface area contributed by atoms with Gasteiger partial charge < -0.3 is 10.5 Å². The van der Waals surface area contributed by atoms with Crippen molar-refractivity contribution in [3.8, 4) is 0 Å². The zero-order valence-electron chi connectivity index (χ0n) is 5.31. The van der Waals surface area contributed by atoms with Crippen LogP contribution in [-0.4, -0.2) is 20.3 Å². The zero-order chi connectivity index (χ0) is 6.04. The molecule has 1 aliphatic rings. The van der Waals surface area contributed by atoms with Crippen molar-refractivity contribution >= 4 is 0 Å². The lowest BCUT2D eigenvalue weighted by molar-refractivity contribution is 0.145. The van der Waals surface area contributed by atoms with E-state index in [0.29, 0.717) is 5.41 Å². The number of nitrogens with two attached hydrogens (primary N) is 1. The van der Waals surface area contributed by atoms with E-state index in [-0.39, 0.29) is 0 Å². The monoisotopic (exact) mass is 115 g/mol. The van der Waals surface area contributed by atoms with Crippen LogP contribution in [0.1, 0.15) is 12.8 Å². The van der Waals surface area contributed by atoms with Crippen molar-refractivity contribution in [1.29, 1.82) is 0 Å². The van der Waals surface area contributed by atoms with Crippen LogP contribution in [0.4, 0.5) is 0 Å². The summed E-state index contributed by atoms with van der Waals surface area (Å²) in [6.07, 6.45) is 2.52. The van der Waals surface area contributed by atoms with Crippen LogP contribution in [-0.2, 0) is 4.74 Å². The van der Waals surface area contributed by atoms with Crippen LogP contribution in [0.15, 0.2) is 0 Å². The maximum atomic E-state index is 5.47. The summed E-state index contributed by atoms with van der Waals surface area (Å²) in [5.41, 5.74) is 5.87. The Morgan fingerprint density at radius 1 is 1.62 bits per heavy atom. The molecule has 0 aromatic rings. The van der Waals surface area contributed by atoms with Crippen LogP contribution >= 0.6 is 0 Å². The first-order valence-corrected chi connectivity index (χ1v) is 3.02. The summed E-state index contributed by atoms with van der Waals surface area (Å²) >= 11 is 0. The molecule has 0 unspecified atom stereocenters. The van der Waals surface area contributed by atoms with Crippen molar-refractivity contribution < 1.29 is 4.74 Å². The molecule has 0 heterocycles. The van der Waals surface area contributed by atoms with Gasteiger partial charge in [-0.3, -0.25) is 0 Å². The van der Waals surface area contributed by atoms with E-state index in [4.69, 9.17) is 10.5 Å². The minimum absolute atomic E-state index is 0.398. The van der Waals surface area contributed by atoms with Crippen molar-refractivity contribution in [3.05, 3.63) is 0 Å².